The highest BCUT2D eigenvalue weighted by atomic mass is 16.6. The third-order valence-corrected chi connectivity index (χ3v) is 5.90. The molecule has 0 spiro atoms. The summed E-state index contributed by atoms with van der Waals surface area (Å²) in [7, 11) is 0. The number of para-hydroxylation sites is 3. The van der Waals surface area contributed by atoms with Crippen LogP contribution in [0.5, 0.6) is 0 Å². The van der Waals surface area contributed by atoms with Crippen molar-refractivity contribution in [2.45, 2.75) is 31.9 Å². The van der Waals surface area contributed by atoms with E-state index in [-0.39, 0.29) is 18.4 Å². The zero-order valence-corrected chi connectivity index (χ0v) is 17.5. The first kappa shape index (κ1) is 20.2. The Labute approximate surface area is 183 Å². The Morgan fingerprint density at radius 3 is 2.84 bits per heavy atom. The summed E-state index contributed by atoms with van der Waals surface area (Å²) in [5, 5.41) is 15.0. The van der Waals surface area contributed by atoms with Crippen molar-refractivity contribution in [2.75, 3.05) is 18.5 Å². The maximum Gasteiger partial charge on any atom is 0.338 e. The molecule has 164 valence electrons. The van der Waals surface area contributed by atoms with Crippen molar-refractivity contribution in [1.29, 1.82) is 0 Å². The SMILES string of the molecule is CC1=C(C(=O)OC[C@H]2CCCO2)[C@H](c2ccccc2[N+](=O)[O-])n2c(nc3ccccc32)N1. The summed E-state index contributed by atoms with van der Waals surface area (Å²) >= 11 is 0. The van der Waals surface area contributed by atoms with Crippen LogP contribution in [0.1, 0.15) is 31.4 Å². The molecule has 0 saturated carbocycles. The first-order valence-electron chi connectivity index (χ1n) is 10.5. The monoisotopic (exact) mass is 434 g/mol. The molecule has 1 fully saturated rings. The summed E-state index contributed by atoms with van der Waals surface area (Å²) in [4.78, 5) is 29.4. The molecule has 9 heteroatoms. The summed E-state index contributed by atoms with van der Waals surface area (Å²) in [6.07, 6.45) is 1.66. The number of aromatic nitrogens is 2. The van der Waals surface area contributed by atoms with Crippen molar-refractivity contribution in [1.82, 2.24) is 9.55 Å². The van der Waals surface area contributed by atoms with Gasteiger partial charge in [0.15, 0.2) is 0 Å². The molecule has 5 rings (SSSR count). The topological polar surface area (TPSA) is 109 Å². The number of nitro benzene ring substituents is 1. The van der Waals surface area contributed by atoms with Gasteiger partial charge in [-0.25, -0.2) is 9.78 Å². The van der Waals surface area contributed by atoms with Crippen LogP contribution in [0.2, 0.25) is 0 Å². The number of hydrogen-bond donors (Lipinski definition) is 1. The van der Waals surface area contributed by atoms with Gasteiger partial charge in [-0.3, -0.25) is 14.7 Å². The smallest absolute Gasteiger partial charge is 0.338 e. The minimum atomic E-state index is -0.766. The van der Waals surface area contributed by atoms with E-state index < -0.39 is 16.9 Å². The summed E-state index contributed by atoms with van der Waals surface area (Å²) in [5.41, 5.74) is 2.67. The Hall–Kier alpha value is -3.72. The lowest BCUT2D eigenvalue weighted by atomic mass is 9.93. The normalized spacial score (nSPS) is 20.2. The molecule has 2 aliphatic rings. The van der Waals surface area contributed by atoms with Gasteiger partial charge < -0.3 is 14.8 Å². The number of nitro groups is 1. The van der Waals surface area contributed by atoms with Gasteiger partial charge in [0.1, 0.15) is 12.6 Å². The van der Waals surface area contributed by atoms with Crippen molar-refractivity contribution in [2.24, 2.45) is 0 Å². The van der Waals surface area contributed by atoms with Gasteiger partial charge in [-0.05, 0) is 38.0 Å². The van der Waals surface area contributed by atoms with E-state index in [0.29, 0.717) is 29.4 Å². The minimum absolute atomic E-state index is 0.0691. The number of allylic oxidation sites excluding steroid dienone is 1. The average molecular weight is 434 g/mol. The molecule has 32 heavy (non-hydrogen) atoms. The molecule has 2 aliphatic heterocycles. The summed E-state index contributed by atoms with van der Waals surface area (Å²) in [5.74, 6) is -0.0143. The van der Waals surface area contributed by atoms with Gasteiger partial charge in [-0.15, -0.1) is 0 Å². The molecule has 0 bridgehead atoms. The molecule has 0 aliphatic carbocycles. The van der Waals surface area contributed by atoms with Gasteiger partial charge in [0.25, 0.3) is 5.69 Å². The molecule has 2 atom stereocenters. The molecular formula is C23H22N4O5. The molecule has 3 heterocycles. The van der Waals surface area contributed by atoms with Gasteiger partial charge >= 0.3 is 5.97 Å². The molecule has 0 amide bonds. The lowest BCUT2D eigenvalue weighted by Crippen LogP contribution is -2.30. The number of nitrogens with zero attached hydrogens (tertiary/aromatic N) is 3. The first-order valence-corrected chi connectivity index (χ1v) is 10.5. The number of anilines is 1. The third kappa shape index (κ3) is 3.40. The van der Waals surface area contributed by atoms with Gasteiger partial charge in [0.2, 0.25) is 5.95 Å². The van der Waals surface area contributed by atoms with Gasteiger partial charge in [-0.1, -0.05) is 24.3 Å². The number of carbonyl (C=O) groups is 1. The van der Waals surface area contributed by atoms with E-state index in [1.54, 1.807) is 25.1 Å². The first-order chi connectivity index (χ1) is 15.5. The highest BCUT2D eigenvalue weighted by Crippen LogP contribution is 2.42. The van der Waals surface area contributed by atoms with Crippen LogP contribution in [0.3, 0.4) is 0 Å². The number of nitrogens with one attached hydrogen (secondary N) is 1. The Morgan fingerprint density at radius 2 is 2.06 bits per heavy atom. The lowest BCUT2D eigenvalue weighted by molar-refractivity contribution is -0.385. The van der Waals surface area contributed by atoms with Gasteiger partial charge in [-0.2, -0.15) is 0 Å². The highest BCUT2D eigenvalue weighted by Gasteiger charge is 2.38. The van der Waals surface area contributed by atoms with Crippen LogP contribution in [-0.4, -0.2) is 39.8 Å². The standard InChI is InChI=1S/C23H22N4O5/c1-14-20(22(28)32-13-15-7-6-12-31-15)21(16-8-2-4-10-18(16)27(29)30)26-19-11-5-3-9-17(19)25-23(26)24-14/h2-5,8-11,15,21H,6-7,12-13H2,1H3,(H,24,25)/t15-,21+/m1/s1. The Morgan fingerprint density at radius 1 is 1.28 bits per heavy atom. The Kier molecular flexibility index (Phi) is 5.10. The number of rotatable bonds is 5. The second kappa shape index (κ2) is 8.08. The summed E-state index contributed by atoms with van der Waals surface area (Å²) in [6.45, 7) is 2.57. The fraction of sp³-hybridized carbons (Fsp3) is 0.304. The molecule has 0 radical (unpaired) electrons. The highest BCUT2D eigenvalue weighted by molar-refractivity contribution is 5.94. The van der Waals surface area contributed by atoms with E-state index in [1.165, 1.54) is 6.07 Å². The summed E-state index contributed by atoms with van der Waals surface area (Å²) < 4.78 is 13.0. The van der Waals surface area contributed by atoms with Gasteiger partial charge in [0.05, 0.1) is 33.2 Å². The second-order valence-corrected chi connectivity index (χ2v) is 7.91. The number of esters is 1. The van der Waals surface area contributed by atoms with E-state index >= 15 is 0 Å². The zero-order chi connectivity index (χ0) is 22.2. The number of benzene rings is 2. The molecule has 3 aromatic rings. The minimum Gasteiger partial charge on any atom is -0.459 e. The number of ether oxygens (including phenoxy) is 2. The molecule has 9 nitrogen and oxygen atoms in total. The average Bonchev–Trinajstić information content (AvgIpc) is 3.44. The van der Waals surface area contributed by atoms with E-state index in [9.17, 15) is 14.9 Å². The van der Waals surface area contributed by atoms with E-state index in [2.05, 4.69) is 10.3 Å². The van der Waals surface area contributed by atoms with Crippen molar-refractivity contribution in [3.8, 4) is 0 Å². The maximum absolute atomic E-state index is 13.3. The van der Waals surface area contributed by atoms with Crippen LogP contribution in [0, 0.1) is 10.1 Å². The van der Waals surface area contributed by atoms with Crippen LogP contribution in [0.25, 0.3) is 11.0 Å². The van der Waals surface area contributed by atoms with E-state index in [4.69, 9.17) is 9.47 Å². The predicted octanol–water partition coefficient (Wildman–Crippen LogP) is 3.96. The van der Waals surface area contributed by atoms with Crippen LogP contribution < -0.4 is 5.32 Å². The van der Waals surface area contributed by atoms with Crippen molar-refractivity contribution < 1.29 is 19.2 Å². The van der Waals surface area contributed by atoms with Crippen LogP contribution >= 0.6 is 0 Å². The number of fused-ring (bicyclic) bond motifs is 3. The fourth-order valence-electron chi connectivity index (χ4n) is 4.43. The largest absolute Gasteiger partial charge is 0.459 e. The lowest BCUT2D eigenvalue weighted by Gasteiger charge is -2.30. The number of carbonyl (C=O) groups excluding carboxylic acids is 1. The second-order valence-electron chi connectivity index (χ2n) is 7.91. The van der Waals surface area contributed by atoms with Crippen LogP contribution in [0.4, 0.5) is 11.6 Å². The van der Waals surface area contributed by atoms with E-state index in [1.807, 2.05) is 28.8 Å². The number of imidazole rings is 1. The van der Waals surface area contributed by atoms with Crippen molar-refractivity contribution in [3.05, 3.63) is 75.5 Å². The van der Waals surface area contributed by atoms with Crippen molar-refractivity contribution in [3.63, 3.8) is 0 Å². The van der Waals surface area contributed by atoms with Crippen LogP contribution in [0.15, 0.2) is 59.8 Å². The third-order valence-electron chi connectivity index (χ3n) is 5.90. The molecule has 0 unspecified atom stereocenters. The quantitative estimate of drug-likeness (QED) is 0.368. The maximum atomic E-state index is 13.3. The molecular weight excluding hydrogens is 412 g/mol. The Balaban J connectivity index is 1.64. The molecule has 2 aromatic carbocycles. The molecule has 1 aromatic heterocycles. The number of hydrogen-bond acceptors (Lipinski definition) is 7. The van der Waals surface area contributed by atoms with Gasteiger partial charge in [0, 0.05) is 18.4 Å². The van der Waals surface area contributed by atoms with E-state index in [0.717, 1.165) is 23.9 Å². The summed E-state index contributed by atoms with van der Waals surface area (Å²) in [6, 6.07) is 13.2. The van der Waals surface area contributed by atoms with Crippen LogP contribution in [-0.2, 0) is 14.3 Å². The molecule has 1 saturated heterocycles. The predicted molar refractivity (Wildman–Crippen MR) is 117 cm³/mol. The fourth-order valence-corrected chi connectivity index (χ4v) is 4.43. The Bertz CT molecular complexity index is 1240. The van der Waals surface area contributed by atoms with Crippen molar-refractivity contribution >= 4 is 28.6 Å². The molecule has 1 N–H and O–H groups in total. The zero-order valence-electron chi connectivity index (χ0n) is 17.5.